The predicted molar refractivity (Wildman–Crippen MR) is 139 cm³/mol. The highest BCUT2D eigenvalue weighted by molar-refractivity contribution is 7.91. The Balaban J connectivity index is 1.69. The quantitative estimate of drug-likeness (QED) is 0.404. The van der Waals surface area contributed by atoms with Crippen LogP contribution in [-0.4, -0.2) is 40.6 Å². The molecule has 0 bridgehead atoms. The summed E-state index contributed by atoms with van der Waals surface area (Å²) in [6.07, 6.45) is 0.470. The maximum absolute atomic E-state index is 13.6. The van der Waals surface area contributed by atoms with E-state index >= 15 is 0 Å². The van der Waals surface area contributed by atoms with Crippen LogP contribution in [0.2, 0.25) is 5.02 Å². The Morgan fingerprint density at radius 1 is 1.11 bits per heavy atom. The van der Waals surface area contributed by atoms with Crippen molar-refractivity contribution in [2.45, 2.75) is 33.2 Å². The van der Waals surface area contributed by atoms with Gasteiger partial charge in [-0.25, -0.2) is 18.1 Å². The summed E-state index contributed by atoms with van der Waals surface area (Å²) in [5.41, 5.74) is 5.54. The van der Waals surface area contributed by atoms with Crippen molar-refractivity contribution in [1.82, 2.24) is 14.8 Å². The van der Waals surface area contributed by atoms with Crippen LogP contribution in [0.25, 0.3) is 22.3 Å². The molecule has 2 aromatic heterocycles. The Morgan fingerprint density at radius 2 is 1.86 bits per heavy atom. The fourth-order valence-corrected chi connectivity index (χ4v) is 6.39. The van der Waals surface area contributed by atoms with Gasteiger partial charge in [-0.3, -0.25) is 4.79 Å². The van der Waals surface area contributed by atoms with E-state index in [0.29, 0.717) is 45.1 Å². The van der Waals surface area contributed by atoms with Gasteiger partial charge in [-0.1, -0.05) is 47.5 Å². The number of aromatic nitrogens is 3. The largest absolute Gasteiger partial charge is 0.322 e. The van der Waals surface area contributed by atoms with E-state index in [-0.39, 0.29) is 23.5 Å². The molecule has 1 aliphatic rings. The van der Waals surface area contributed by atoms with Gasteiger partial charge in [-0.15, -0.1) is 0 Å². The first-order chi connectivity index (χ1) is 16.6. The van der Waals surface area contributed by atoms with E-state index in [2.05, 4.69) is 10.4 Å². The summed E-state index contributed by atoms with van der Waals surface area (Å²) in [5.74, 6) is -0.169. The molecular formula is C26H25ClN4O3S. The smallest absolute Gasteiger partial charge is 0.256 e. The lowest BCUT2D eigenvalue weighted by Gasteiger charge is -2.13. The molecule has 1 saturated heterocycles. The number of carbonyl (C=O) groups is 1. The second-order valence-corrected chi connectivity index (χ2v) is 11.7. The van der Waals surface area contributed by atoms with Crippen LogP contribution in [0.1, 0.15) is 39.6 Å². The third-order valence-electron chi connectivity index (χ3n) is 6.50. The number of rotatable bonds is 4. The average molecular weight is 509 g/mol. The normalized spacial score (nSPS) is 17.1. The minimum absolute atomic E-state index is 0.0168. The molecule has 7 nitrogen and oxygen atoms in total. The molecule has 35 heavy (non-hydrogen) atoms. The number of hydrogen-bond acceptors (Lipinski definition) is 5. The number of nitrogens with zero attached hydrogens (tertiary/aromatic N) is 3. The van der Waals surface area contributed by atoms with E-state index < -0.39 is 9.84 Å². The summed E-state index contributed by atoms with van der Waals surface area (Å²) < 4.78 is 26.0. The fraction of sp³-hybridized carbons (Fsp3) is 0.269. The van der Waals surface area contributed by atoms with Crippen molar-refractivity contribution < 1.29 is 13.2 Å². The van der Waals surface area contributed by atoms with E-state index in [9.17, 15) is 13.2 Å². The van der Waals surface area contributed by atoms with Crippen LogP contribution in [0.4, 0.5) is 5.69 Å². The first-order valence-electron chi connectivity index (χ1n) is 11.4. The van der Waals surface area contributed by atoms with Crippen LogP contribution in [0, 0.1) is 20.8 Å². The Kier molecular flexibility index (Phi) is 5.89. The summed E-state index contributed by atoms with van der Waals surface area (Å²) >= 11 is 6.26. The lowest BCUT2D eigenvalue weighted by molar-refractivity contribution is 0.102. The molecule has 1 fully saturated rings. The molecule has 1 atom stereocenters. The van der Waals surface area contributed by atoms with Gasteiger partial charge >= 0.3 is 0 Å². The Hall–Kier alpha value is -3.23. The summed E-state index contributed by atoms with van der Waals surface area (Å²) in [5, 5.41) is 8.82. The van der Waals surface area contributed by atoms with Crippen molar-refractivity contribution in [1.29, 1.82) is 0 Å². The zero-order valence-electron chi connectivity index (χ0n) is 19.7. The van der Waals surface area contributed by atoms with Crippen molar-refractivity contribution in [2.75, 3.05) is 16.8 Å². The van der Waals surface area contributed by atoms with E-state index in [1.807, 2.05) is 45.0 Å². The molecule has 0 aliphatic carbocycles. The number of amides is 1. The molecule has 0 radical (unpaired) electrons. The minimum atomic E-state index is -3.13. The van der Waals surface area contributed by atoms with Gasteiger partial charge in [0.1, 0.15) is 0 Å². The number of halogens is 1. The number of benzene rings is 2. The summed E-state index contributed by atoms with van der Waals surface area (Å²) in [6.45, 7) is 5.67. The number of pyridine rings is 1. The maximum Gasteiger partial charge on any atom is 0.256 e. The third-order valence-corrected chi connectivity index (χ3v) is 8.66. The standard InChI is InChI=1S/C26H25ClN4O3S/c1-15-7-9-18(10-8-15)23-13-20(26(32)29-22-6-4-5-21(27)16(22)2)24-17(3)30-31(25(24)28-23)19-11-12-35(33,34)14-19/h4-10,13,19H,11-12,14H2,1-3H3,(H,29,32). The SMILES string of the molecule is Cc1ccc(-c2cc(C(=O)Nc3cccc(Cl)c3C)c3c(C)nn(C4CCS(=O)(=O)C4)c3n2)cc1. The lowest BCUT2D eigenvalue weighted by atomic mass is 10.0. The van der Waals surface area contributed by atoms with Crippen LogP contribution in [0.5, 0.6) is 0 Å². The second-order valence-electron chi connectivity index (χ2n) is 9.07. The number of sulfone groups is 1. The molecule has 2 aromatic carbocycles. The molecule has 1 aliphatic heterocycles. The highest BCUT2D eigenvalue weighted by Gasteiger charge is 2.32. The van der Waals surface area contributed by atoms with E-state index in [1.165, 1.54) is 0 Å². The monoisotopic (exact) mass is 508 g/mol. The van der Waals surface area contributed by atoms with Crippen LogP contribution in [-0.2, 0) is 9.84 Å². The summed E-state index contributed by atoms with van der Waals surface area (Å²) in [7, 11) is -3.13. The Morgan fingerprint density at radius 3 is 2.54 bits per heavy atom. The molecule has 0 spiro atoms. The zero-order valence-corrected chi connectivity index (χ0v) is 21.2. The fourth-order valence-electron chi connectivity index (χ4n) is 4.52. The molecular weight excluding hydrogens is 484 g/mol. The minimum Gasteiger partial charge on any atom is -0.322 e. The van der Waals surface area contributed by atoms with Gasteiger partial charge in [0.15, 0.2) is 15.5 Å². The molecule has 3 heterocycles. The predicted octanol–water partition coefficient (Wildman–Crippen LogP) is 5.29. The number of aryl methyl sites for hydroxylation is 2. The van der Waals surface area contributed by atoms with Crippen LogP contribution >= 0.6 is 11.6 Å². The van der Waals surface area contributed by atoms with Crippen LogP contribution in [0.15, 0.2) is 48.5 Å². The first-order valence-corrected chi connectivity index (χ1v) is 13.6. The topological polar surface area (TPSA) is 94.0 Å². The number of carbonyl (C=O) groups excluding carboxylic acids is 1. The van der Waals surface area contributed by atoms with Gasteiger partial charge in [0, 0.05) is 16.3 Å². The average Bonchev–Trinajstić information content (AvgIpc) is 3.35. The number of hydrogen-bond donors (Lipinski definition) is 1. The third kappa shape index (κ3) is 4.44. The number of fused-ring (bicyclic) bond motifs is 1. The summed E-state index contributed by atoms with van der Waals surface area (Å²) in [4.78, 5) is 18.5. The van der Waals surface area contributed by atoms with Gasteiger partial charge in [-0.2, -0.15) is 5.10 Å². The van der Waals surface area contributed by atoms with Crippen molar-refractivity contribution >= 4 is 44.1 Å². The molecule has 1 amide bonds. The lowest BCUT2D eigenvalue weighted by Crippen LogP contribution is -2.15. The summed E-state index contributed by atoms with van der Waals surface area (Å²) in [6, 6.07) is 14.7. The molecule has 9 heteroatoms. The van der Waals surface area contributed by atoms with Crippen LogP contribution < -0.4 is 5.32 Å². The first kappa shape index (κ1) is 23.5. The molecule has 5 rings (SSSR count). The van der Waals surface area contributed by atoms with Gasteiger partial charge < -0.3 is 5.32 Å². The van der Waals surface area contributed by atoms with Gasteiger partial charge in [0.05, 0.1) is 39.9 Å². The maximum atomic E-state index is 13.6. The van der Waals surface area contributed by atoms with Crippen molar-refractivity contribution in [3.63, 3.8) is 0 Å². The molecule has 180 valence electrons. The van der Waals surface area contributed by atoms with Crippen LogP contribution in [0.3, 0.4) is 0 Å². The Bertz CT molecular complexity index is 1580. The number of anilines is 1. The van der Waals surface area contributed by atoms with Gasteiger partial charge in [0.25, 0.3) is 5.91 Å². The Labute approximate surface area is 209 Å². The molecule has 1 unspecified atom stereocenters. The molecule has 0 saturated carbocycles. The van der Waals surface area contributed by atoms with E-state index in [4.69, 9.17) is 16.6 Å². The van der Waals surface area contributed by atoms with Crippen molar-refractivity contribution in [2.24, 2.45) is 0 Å². The van der Waals surface area contributed by atoms with Crippen molar-refractivity contribution in [3.8, 4) is 11.3 Å². The van der Waals surface area contributed by atoms with E-state index in [1.54, 1.807) is 28.9 Å². The number of nitrogens with one attached hydrogen (secondary N) is 1. The van der Waals surface area contributed by atoms with Gasteiger partial charge in [-0.05, 0) is 51.0 Å². The van der Waals surface area contributed by atoms with Gasteiger partial charge in [0.2, 0.25) is 0 Å². The molecule has 4 aromatic rings. The highest BCUT2D eigenvalue weighted by atomic mass is 35.5. The van der Waals surface area contributed by atoms with Crippen molar-refractivity contribution in [3.05, 3.63) is 75.9 Å². The second kappa shape index (κ2) is 8.77. The molecule has 1 N–H and O–H groups in total. The highest BCUT2D eigenvalue weighted by Crippen LogP contribution is 2.33. The van der Waals surface area contributed by atoms with E-state index in [0.717, 1.165) is 16.7 Å². The zero-order chi connectivity index (χ0) is 24.9.